The molecule has 0 N–H and O–H groups in total. The summed E-state index contributed by atoms with van der Waals surface area (Å²) < 4.78 is 15.9. The van der Waals surface area contributed by atoms with Gasteiger partial charge in [-0.1, -0.05) is 6.92 Å². The predicted octanol–water partition coefficient (Wildman–Crippen LogP) is 3.76. The second kappa shape index (κ2) is 7.31. The van der Waals surface area contributed by atoms with Gasteiger partial charge in [-0.15, -0.1) is 0 Å². The van der Waals surface area contributed by atoms with Gasteiger partial charge >= 0.3 is 0 Å². The number of amides is 1. The molecule has 2 aromatic heterocycles. The summed E-state index contributed by atoms with van der Waals surface area (Å²) in [6, 6.07) is 10.3. The third kappa shape index (κ3) is 3.43. The van der Waals surface area contributed by atoms with Gasteiger partial charge in [-0.3, -0.25) is 9.20 Å². The third-order valence-electron chi connectivity index (χ3n) is 4.95. The number of halogens is 2. The first-order chi connectivity index (χ1) is 13.1. The van der Waals surface area contributed by atoms with E-state index in [1.807, 2.05) is 34.6 Å². The molecule has 7 heteroatoms. The molecule has 3 heterocycles. The van der Waals surface area contributed by atoms with Crippen LogP contribution >= 0.6 is 15.9 Å². The Balaban J connectivity index is 1.55. The number of rotatable bonds is 3. The highest BCUT2D eigenvalue weighted by Gasteiger charge is 2.27. The highest BCUT2D eigenvalue weighted by Crippen LogP contribution is 2.21. The molecule has 1 aliphatic heterocycles. The number of fused-ring (bicyclic) bond motifs is 1. The zero-order chi connectivity index (χ0) is 19.0. The Labute approximate surface area is 165 Å². The second-order valence-electron chi connectivity index (χ2n) is 6.59. The molecule has 1 amide bonds. The quantitative estimate of drug-likeness (QED) is 0.634. The van der Waals surface area contributed by atoms with E-state index in [-0.39, 0.29) is 11.7 Å². The Morgan fingerprint density at radius 1 is 1.11 bits per heavy atom. The van der Waals surface area contributed by atoms with Gasteiger partial charge in [-0.05, 0) is 58.7 Å². The molecule has 1 aromatic carbocycles. The topological polar surface area (TPSA) is 40.9 Å². The van der Waals surface area contributed by atoms with Gasteiger partial charge in [0.15, 0.2) is 0 Å². The van der Waals surface area contributed by atoms with Crippen LogP contribution in [0.25, 0.3) is 5.65 Å². The standard InChI is InChI=1S/C20H20BrFN4O/c1-2-17-19(26-13-14(21)3-8-18(26)23-17)20(27)25-11-9-24(10-12-25)16-6-4-15(22)5-7-16/h3-8,13H,2,9-12H2,1H3. The first kappa shape index (κ1) is 18.0. The lowest BCUT2D eigenvalue weighted by atomic mass is 10.2. The molecule has 3 aromatic rings. The summed E-state index contributed by atoms with van der Waals surface area (Å²) >= 11 is 3.47. The maximum absolute atomic E-state index is 13.2. The van der Waals surface area contributed by atoms with Crippen molar-refractivity contribution in [3.05, 3.63) is 64.3 Å². The fraction of sp³-hybridized carbons (Fsp3) is 0.300. The van der Waals surface area contributed by atoms with Crippen molar-refractivity contribution in [2.45, 2.75) is 13.3 Å². The Morgan fingerprint density at radius 3 is 2.48 bits per heavy atom. The third-order valence-corrected chi connectivity index (χ3v) is 5.42. The fourth-order valence-electron chi connectivity index (χ4n) is 3.51. The minimum Gasteiger partial charge on any atom is -0.368 e. The van der Waals surface area contributed by atoms with Crippen molar-refractivity contribution >= 4 is 33.2 Å². The summed E-state index contributed by atoms with van der Waals surface area (Å²) in [6.07, 6.45) is 2.60. The zero-order valence-electron chi connectivity index (χ0n) is 15.0. The number of hydrogen-bond acceptors (Lipinski definition) is 3. The molecular weight excluding hydrogens is 411 g/mol. The highest BCUT2D eigenvalue weighted by molar-refractivity contribution is 9.10. The van der Waals surface area contributed by atoms with Crippen molar-refractivity contribution in [2.75, 3.05) is 31.1 Å². The molecule has 4 rings (SSSR count). The second-order valence-corrected chi connectivity index (χ2v) is 7.51. The lowest BCUT2D eigenvalue weighted by Crippen LogP contribution is -2.49. The largest absolute Gasteiger partial charge is 0.368 e. The van der Waals surface area contributed by atoms with Crippen molar-refractivity contribution in [1.82, 2.24) is 14.3 Å². The summed E-state index contributed by atoms with van der Waals surface area (Å²) in [5.41, 5.74) is 3.22. The minimum absolute atomic E-state index is 0.0104. The van der Waals surface area contributed by atoms with Crippen molar-refractivity contribution in [3.63, 3.8) is 0 Å². The molecule has 0 atom stereocenters. The van der Waals surface area contributed by atoms with E-state index in [0.717, 1.165) is 34.6 Å². The number of hydrogen-bond donors (Lipinski definition) is 0. The molecule has 0 saturated carbocycles. The SMILES string of the molecule is CCc1nc2ccc(Br)cn2c1C(=O)N1CCN(c2ccc(F)cc2)CC1. The monoisotopic (exact) mass is 430 g/mol. The summed E-state index contributed by atoms with van der Waals surface area (Å²) in [5.74, 6) is -0.227. The predicted molar refractivity (Wildman–Crippen MR) is 107 cm³/mol. The number of pyridine rings is 1. The van der Waals surface area contributed by atoms with Crippen LogP contribution < -0.4 is 4.90 Å². The van der Waals surface area contributed by atoms with Crippen molar-refractivity contribution in [1.29, 1.82) is 0 Å². The van der Waals surface area contributed by atoms with Crippen LogP contribution in [-0.2, 0) is 6.42 Å². The fourth-order valence-corrected chi connectivity index (χ4v) is 3.85. The van der Waals surface area contributed by atoms with Gasteiger partial charge in [0.1, 0.15) is 17.2 Å². The molecule has 1 aliphatic rings. The summed E-state index contributed by atoms with van der Waals surface area (Å²) in [5, 5.41) is 0. The maximum Gasteiger partial charge on any atom is 0.272 e. The van der Waals surface area contributed by atoms with Crippen LogP contribution in [0.15, 0.2) is 47.1 Å². The molecule has 5 nitrogen and oxygen atoms in total. The molecule has 140 valence electrons. The number of imidazole rings is 1. The highest BCUT2D eigenvalue weighted by atomic mass is 79.9. The summed E-state index contributed by atoms with van der Waals surface area (Å²) in [4.78, 5) is 21.9. The Kier molecular flexibility index (Phi) is 4.86. The Morgan fingerprint density at radius 2 is 1.81 bits per heavy atom. The number of anilines is 1. The summed E-state index contributed by atoms with van der Waals surface area (Å²) in [7, 11) is 0. The molecule has 1 saturated heterocycles. The van der Waals surface area contributed by atoms with Crippen molar-refractivity contribution in [2.24, 2.45) is 0 Å². The number of aryl methyl sites for hydroxylation is 1. The van der Waals surface area contributed by atoms with Crippen LogP contribution in [-0.4, -0.2) is 46.4 Å². The number of carbonyl (C=O) groups excluding carboxylic acids is 1. The van der Waals surface area contributed by atoms with Gasteiger partial charge in [-0.25, -0.2) is 9.37 Å². The van der Waals surface area contributed by atoms with Gasteiger partial charge in [-0.2, -0.15) is 0 Å². The van der Waals surface area contributed by atoms with Gasteiger partial charge < -0.3 is 9.80 Å². The molecule has 0 radical (unpaired) electrons. The van der Waals surface area contributed by atoms with Crippen LogP contribution in [0.4, 0.5) is 10.1 Å². The lowest BCUT2D eigenvalue weighted by Gasteiger charge is -2.36. The summed E-state index contributed by atoms with van der Waals surface area (Å²) in [6.45, 7) is 4.71. The van der Waals surface area contributed by atoms with E-state index < -0.39 is 0 Å². The van der Waals surface area contributed by atoms with Crippen LogP contribution in [0.3, 0.4) is 0 Å². The van der Waals surface area contributed by atoms with Gasteiger partial charge in [0.25, 0.3) is 5.91 Å². The normalized spacial score (nSPS) is 14.8. The smallest absolute Gasteiger partial charge is 0.272 e. The average molecular weight is 431 g/mol. The maximum atomic E-state index is 13.2. The van der Waals surface area contributed by atoms with E-state index in [9.17, 15) is 9.18 Å². The average Bonchev–Trinajstić information content (AvgIpc) is 3.06. The molecule has 0 aliphatic carbocycles. The van der Waals surface area contributed by atoms with Gasteiger partial charge in [0.05, 0.1) is 5.69 Å². The van der Waals surface area contributed by atoms with E-state index >= 15 is 0 Å². The molecular formula is C20H20BrFN4O. The van der Waals surface area contributed by atoms with Crippen LogP contribution in [0.1, 0.15) is 23.1 Å². The van der Waals surface area contributed by atoms with Crippen LogP contribution in [0, 0.1) is 5.82 Å². The zero-order valence-corrected chi connectivity index (χ0v) is 16.6. The van der Waals surface area contributed by atoms with Gasteiger partial charge in [0, 0.05) is 42.5 Å². The lowest BCUT2D eigenvalue weighted by molar-refractivity contribution is 0.0738. The number of carbonyl (C=O) groups is 1. The number of aromatic nitrogens is 2. The number of piperazine rings is 1. The Hall–Kier alpha value is -2.41. The van der Waals surface area contributed by atoms with E-state index in [2.05, 4.69) is 25.8 Å². The van der Waals surface area contributed by atoms with Crippen LogP contribution in [0.2, 0.25) is 0 Å². The molecule has 0 bridgehead atoms. The molecule has 0 spiro atoms. The number of nitrogens with zero attached hydrogens (tertiary/aromatic N) is 4. The molecule has 27 heavy (non-hydrogen) atoms. The first-order valence-electron chi connectivity index (χ1n) is 9.03. The number of benzene rings is 1. The minimum atomic E-state index is -0.238. The van der Waals surface area contributed by atoms with Crippen molar-refractivity contribution < 1.29 is 9.18 Å². The van der Waals surface area contributed by atoms with E-state index in [1.165, 1.54) is 12.1 Å². The Bertz CT molecular complexity index is 978. The van der Waals surface area contributed by atoms with Crippen LogP contribution in [0.5, 0.6) is 0 Å². The first-order valence-corrected chi connectivity index (χ1v) is 9.82. The van der Waals surface area contributed by atoms with E-state index in [4.69, 9.17) is 0 Å². The van der Waals surface area contributed by atoms with E-state index in [0.29, 0.717) is 25.2 Å². The molecule has 1 fully saturated rings. The van der Waals surface area contributed by atoms with Crippen molar-refractivity contribution in [3.8, 4) is 0 Å². The van der Waals surface area contributed by atoms with E-state index in [1.54, 1.807) is 12.1 Å². The molecule has 0 unspecified atom stereocenters. The van der Waals surface area contributed by atoms with Gasteiger partial charge in [0.2, 0.25) is 0 Å².